The van der Waals surface area contributed by atoms with Crippen LogP contribution >= 0.6 is 0 Å². The molecule has 4 aromatic rings. The van der Waals surface area contributed by atoms with Gasteiger partial charge in [-0.05, 0) is 91.9 Å². The molecule has 0 unspecified atom stereocenters. The second kappa shape index (κ2) is 10.1. The van der Waals surface area contributed by atoms with Crippen molar-refractivity contribution in [1.29, 1.82) is 5.26 Å². The molecule has 39 heavy (non-hydrogen) atoms. The lowest BCUT2D eigenvalue weighted by atomic mass is 9.78. The number of pyridine rings is 1. The fraction of sp³-hybridized carbons (Fsp3) is 0.219. The molecule has 1 amide bonds. The monoisotopic (exact) mass is 537 g/mol. The van der Waals surface area contributed by atoms with E-state index in [2.05, 4.69) is 11.1 Å². The number of nitrogens with zero attached hydrogens (tertiary/aromatic N) is 2. The van der Waals surface area contributed by atoms with Gasteiger partial charge in [-0.1, -0.05) is 42.5 Å². The molecule has 0 atom stereocenters. The quantitative estimate of drug-likeness (QED) is 0.284. The number of rotatable bonds is 7. The van der Waals surface area contributed by atoms with E-state index < -0.39 is 26.6 Å². The van der Waals surface area contributed by atoms with E-state index in [0.717, 1.165) is 39.4 Å². The van der Waals surface area contributed by atoms with E-state index in [1.807, 2.05) is 68.5 Å². The van der Waals surface area contributed by atoms with Crippen LogP contribution in [0.1, 0.15) is 44.4 Å². The lowest BCUT2D eigenvalue weighted by Crippen LogP contribution is -2.32. The number of carbonyl (C=O) groups is 1. The molecule has 2 N–H and O–H groups in total. The third-order valence-corrected chi connectivity index (χ3v) is 8.23. The lowest BCUT2D eigenvalue weighted by molar-refractivity contribution is -0.123. The van der Waals surface area contributed by atoms with Gasteiger partial charge in [0, 0.05) is 23.4 Å². The van der Waals surface area contributed by atoms with Gasteiger partial charge in [0.05, 0.1) is 27.3 Å². The van der Waals surface area contributed by atoms with Gasteiger partial charge in [0.2, 0.25) is 5.91 Å². The summed E-state index contributed by atoms with van der Waals surface area (Å²) in [6.45, 7) is 7.28. The zero-order chi connectivity index (χ0) is 28.6. The number of sulfone groups is 1. The highest BCUT2D eigenvalue weighted by molar-refractivity contribution is 7.90. The summed E-state index contributed by atoms with van der Waals surface area (Å²) in [5, 5.41) is 10.7. The Balaban J connectivity index is 1.91. The molecular formula is C32H31N3O3S. The van der Waals surface area contributed by atoms with Crippen LogP contribution in [0.5, 0.6) is 0 Å². The molecular weight excluding hydrogens is 506 g/mol. The molecule has 0 fully saturated rings. The van der Waals surface area contributed by atoms with Crippen LogP contribution in [-0.4, -0.2) is 25.6 Å². The van der Waals surface area contributed by atoms with Crippen molar-refractivity contribution < 1.29 is 13.2 Å². The molecule has 7 heteroatoms. The fourth-order valence-corrected chi connectivity index (χ4v) is 5.07. The van der Waals surface area contributed by atoms with E-state index in [-0.39, 0.29) is 4.90 Å². The van der Waals surface area contributed by atoms with E-state index in [1.165, 1.54) is 12.1 Å². The second-order valence-electron chi connectivity index (χ2n) is 10.8. The Morgan fingerprint density at radius 3 is 2.28 bits per heavy atom. The predicted octanol–water partition coefficient (Wildman–Crippen LogP) is 6.16. The molecule has 0 saturated heterocycles. The Morgan fingerprint density at radius 1 is 0.974 bits per heavy atom. The van der Waals surface area contributed by atoms with Crippen LogP contribution in [0.25, 0.3) is 33.7 Å². The number of aromatic nitrogens is 1. The Labute approximate surface area is 229 Å². The molecule has 0 spiro atoms. The van der Waals surface area contributed by atoms with Gasteiger partial charge in [0.1, 0.15) is 0 Å². The number of benzene rings is 3. The van der Waals surface area contributed by atoms with Crippen LogP contribution in [0.3, 0.4) is 0 Å². The highest BCUT2D eigenvalue weighted by Crippen LogP contribution is 2.38. The second-order valence-corrected chi connectivity index (χ2v) is 12.8. The van der Waals surface area contributed by atoms with Crippen molar-refractivity contribution in [3.8, 4) is 17.2 Å². The minimum atomic E-state index is -3.36. The highest BCUT2D eigenvalue weighted by Gasteiger charge is 2.31. The van der Waals surface area contributed by atoms with Gasteiger partial charge in [0.25, 0.3) is 0 Å². The zero-order valence-electron chi connectivity index (χ0n) is 22.7. The van der Waals surface area contributed by atoms with Gasteiger partial charge >= 0.3 is 0 Å². The first kappa shape index (κ1) is 27.7. The van der Waals surface area contributed by atoms with Gasteiger partial charge in [-0.25, -0.2) is 8.42 Å². The van der Waals surface area contributed by atoms with E-state index >= 15 is 0 Å². The summed E-state index contributed by atoms with van der Waals surface area (Å²) in [6, 6.07) is 24.6. The maximum atomic E-state index is 12.5. The van der Waals surface area contributed by atoms with Crippen LogP contribution < -0.4 is 5.73 Å². The van der Waals surface area contributed by atoms with Gasteiger partial charge < -0.3 is 5.73 Å². The van der Waals surface area contributed by atoms with Crippen molar-refractivity contribution in [1.82, 2.24) is 4.98 Å². The highest BCUT2D eigenvalue weighted by atomic mass is 32.2. The number of fused-ring (bicyclic) bond motifs is 1. The predicted molar refractivity (Wildman–Crippen MR) is 156 cm³/mol. The van der Waals surface area contributed by atoms with Gasteiger partial charge in [-0.2, -0.15) is 5.26 Å². The molecule has 198 valence electrons. The number of nitriles is 1. The van der Waals surface area contributed by atoms with Gasteiger partial charge in [0.15, 0.2) is 9.84 Å². The van der Waals surface area contributed by atoms with Gasteiger partial charge in [-0.15, -0.1) is 0 Å². The number of carbonyl (C=O) groups excluding carboxylic acids is 1. The first-order valence-corrected chi connectivity index (χ1v) is 14.4. The molecule has 0 aliphatic heterocycles. The molecule has 0 saturated carbocycles. The minimum absolute atomic E-state index is 0.198. The molecule has 3 aromatic carbocycles. The zero-order valence-corrected chi connectivity index (χ0v) is 23.5. The summed E-state index contributed by atoms with van der Waals surface area (Å²) in [7, 11) is -3.36. The Bertz CT molecular complexity index is 1760. The summed E-state index contributed by atoms with van der Waals surface area (Å²) in [4.78, 5) is 17.3. The van der Waals surface area contributed by atoms with Crippen molar-refractivity contribution in [2.75, 3.05) is 6.26 Å². The normalized spacial score (nSPS) is 12.8. The smallest absolute Gasteiger partial charge is 0.227 e. The van der Waals surface area contributed by atoms with Crippen LogP contribution in [0.15, 0.2) is 83.9 Å². The fourth-order valence-electron chi connectivity index (χ4n) is 4.44. The average Bonchev–Trinajstić information content (AvgIpc) is 2.90. The lowest BCUT2D eigenvalue weighted by Gasteiger charge is -2.25. The Hall–Kier alpha value is -4.28. The van der Waals surface area contributed by atoms with Crippen molar-refractivity contribution in [2.24, 2.45) is 11.1 Å². The molecule has 1 heterocycles. The summed E-state index contributed by atoms with van der Waals surface area (Å²) in [5.74, 6) is -0.501. The maximum absolute atomic E-state index is 12.5. The van der Waals surface area contributed by atoms with Crippen LogP contribution in [-0.2, 0) is 20.0 Å². The van der Waals surface area contributed by atoms with E-state index in [4.69, 9.17) is 5.73 Å². The average molecular weight is 538 g/mol. The standard InChI is InChI=1S/C32H31N3O3S/c1-31(2,20-33)25-18-24-10-7-15-35-29(24)27(19-25)23-9-6-8-21(16-23)17-28(32(3,4)30(34)36)22-11-13-26(14-12-22)39(5,37)38/h6-19H,1-5H3,(H2,34,36). The summed E-state index contributed by atoms with van der Waals surface area (Å²) < 4.78 is 23.9. The van der Waals surface area contributed by atoms with Crippen LogP contribution in [0, 0.1) is 16.7 Å². The van der Waals surface area contributed by atoms with E-state index in [1.54, 1.807) is 32.2 Å². The first-order chi connectivity index (χ1) is 18.2. The van der Waals surface area contributed by atoms with E-state index in [0.29, 0.717) is 11.1 Å². The summed E-state index contributed by atoms with van der Waals surface area (Å²) in [6.07, 6.45) is 4.81. The maximum Gasteiger partial charge on any atom is 0.227 e. The van der Waals surface area contributed by atoms with Crippen molar-refractivity contribution >= 4 is 38.3 Å². The third kappa shape index (κ3) is 5.62. The first-order valence-electron chi connectivity index (χ1n) is 12.5. The molecule has 0 aliphatic rings. The molecule has 1 aromatic heterocycles. The molecule has 0 bridgehead atoms. The molecule has 6 nitrogen and oxygen atoms in total. The topological polar surface area (TPSA) is 114 Å². The minimum Gasteiger partial charge on any atom is -0.369 e. The molecule has 0 aliphatic carbocycles. The summed E-state index contributed by atoms with van der Waals surface area (Å²) in [5.41, 5.74) is 9.80. The third-order valence-electron chi connectivity index (χ3n) is 7.10. The number of hydrogen-bond acceptors (Lipinski definition) is 5. The summed E-state index contributed by atoms with van der Waals surface area (Å²) >= 11 is 0. The Kier molecular flexibility index (Phi) is 7.20. The number of nitrogens with two attached hydrogens (primary N) is 1. The molecule has 4 rings (SSSR count). The largest absolute Gasteiger partial charge is 0.369 e. The SMILES string of the molecule is CC(C)(C(N)=O)C(=Cc1cccc(-c2cc(C(C)(C)C#N)cc3cccnc23)c1)c1ccc(S(C)(=O)=O)cc1. The number of hydrogen-bond donors (Lipinski definition) is 1. The van der Waals surface area contributed by atoms with Crippen molar-refractivity contribution in [3.05, 3.63) is 95.7 Å². The van der Waals surface area contributed by atoms with Crippen molar-refractivity contribution in [3.63, 3.8) is 0 Å². The number of primary amides is 1. The van der Waals surface area contributed by atoms with Gasteiger partial charge in [-0.3, -0.25) is 9.78 Å². The Morgan fingerprint density at radius 2 is 1.67 bits per heavy atom. The van der Waals surface area contributed by atoms with Crippen LogP contribution in [0.4, 0.5) is 0 Å². The van der Waals surface area contributed by atoms with Crippen molar-refractivity contribution in [2.45, 2.75) is 38.0 Å². The number of amides is 1. The van der Waals surface area contributed by atoms with E-state index in [9.17, 15) is 18.5 Å². The van der Waals surface area contributed by atoms with Crippen LogP contribution in [0.2, 0.25) is 0 Å². The molecule has 0 radical (unpaired) electrons.